The molecule has 2 heterocycles. The second-order valence-corrected chi connectivity index (χ2v) is 4.97. The number of hydrogen-bond donors (Lipinski definition) is 1. The van der Waals surface area contributed by atoms with E-state index in [1.165, 1.54) is 6.33 Å². The zero-order valence-corrected chi connectivity index (χ0v) is 12.2. The summed E-state index contributed by atoms with van der Waals surface area (Å²) in [4.78, 5) is 20.3. The molecule has 1 amide bonds. The molecule has 5 heteroatoms. The molecule has 0 saturated heterocycles. The minimum absolute atomic E-state index is 0.115. The zero-order chi connectivity index (χ0) is 15.4. The topological polar surface area (TPSA) is 59.8 Å². The Balaban J connectivity index is 1.65. The number of aromatic nitrogens is 3. The van der Waals surface area contributed by atoms with Gasteiger partial charge in [0.1, 0.15) is 6.33 Å². The molecule has 0 aliphatic carbocycles. The van der Waals surface area contributed by atoms with Crippen LogP contribution in [0.5, 0.6) is 0 Å². The van der Waals surface area contributed by atoms with Crippen molar-refractivity contribution in [3.8, 4) is 5.69 Å². The van der Waals surface area contributed by atoms with Crippen LogP contribution in [0.15, 0.2) is 61.2 Å². The molecule has 0 spiro atoms. The summed E-state index contributed by atoms with van der Waals surface area (Å²) in [6.45, 7) is 2.29. The number of aryl methyl sites for hydroxylation is 1. The second-order valence-electron chi connectivity index (χ2n) is 4.97. The number of hydrogen-bond acceptors (Lipinski definition) is 3. The van der Waals surface area contributed by atoms with E-state index in [9.17, 15) is 4.79 Å². The first kappa shape index (κ1) is 14.0. The lowest BCUT2D eigenvalue weighted by Crippen LogP contribution is -2.23. The van der Waals surface area contributed by atoms with Crippen LogP contribution in [0.2, 0.25) is 0 Å². The summed E-state index contributed by atoms with van der Waals surface area (Å²) in [6, 6.07) is 13.3. The predicted molar refractivity (Wildman–Crippen MR) is 83.7 cm³/mol. The van der Waals surface area contributed by atoms with Crippen LogP contribution in [0.25, 0.3) is 5.69 Å². The Morgan fingerprint density at radius 2 is 1.86 bits per heavy atom. The fraction of sp³-hybridized carbons (Fsp3) is 0.118. The molecular weight excluding hydrogens is 276 g/mol. The molecule has 0 fully saturated rings. The summed E-state index contributed by atoms with van der Waals surface area (Å²) in [6.07, 6.45) is 5.43. The van der Waals surface area contributed by atoms with Gasteiger partial charge in [0.25, 0.3) is 5.91 Å². The zero-order valence-electron chi connectivity index (χ0n) is 12.2. The van der Waals surface area contributed by atoms with Gasteiger partial charge in [0.2, 0.25) is 0 Å². The fourth-order valence-corrected chi connectivity index (χ4v) is 2.17. The average molecular weight is 292 g/mol. The molecule has 22 heavy (non-hydrogen) atoms. The number of carbonyl (C=O) groups is 1. The Morgan fingerprint density at radius 1 is 1.14 bits per heavy atom. The van der Waals surface area contributed by atoms with E-state index in [-0.39, 0.29) is 5.91 Å². The van der Waals surface area contributed by atoms with Gasteiger partial charge in [0.05, 0.1) is 12.2 Å². The van der Waals surface area contributed by atoms with Crippen LogP contribution in [0.3, 0.4) is 0 Å². The van der Waals surface area contributed by atoms with E-state index in [4.69, 9.17) is 0 Å². The Bertz CT molecular complexity index is 764. The summed E-state index contributed by atoms with van der Waals surface area (Å²) >= 11 is 0. The third-order valence-electron chi connectivity index (χ3n) is 3.32. The Labute approximate surface area is 128 Å². The van der Waals surface area contributed by atoms with E-state index in [0.29, 0.717) is 12.1 Å². The predicted octanol–water partition coefficient (Wildman–Crippen LogP) is 2.51. The van der Waals surface area contributed by atoms with Gasteiger partial charge in [-0.2, -0.15) is 0 Å². The number of benzene rings is 1. The number of nitrogens with zero attached hydrogens (tertiary/aromatic N) is 3. The molecule has 0 saturated carbocycles. The normalized spacial score (nSPS) is 10.4. The molecule has 3 rings (SSSR count). The van der Waals surface area contributed by atoms with Crippen molar-refractivity contribution < 1.29 is 4.79 Å². The maximum atomic E-state index is 12.1. The Hall–Kier alpha value is -2.95. The van der Waals surface area contributed by atoms with Crippen LogP contribution < -0.4 is 5.32 Å². The van der Waals surface area contributed by atoms with Gasteiger partial charge in [-0.15, -0.1) is 0 Å². The highest BCUT2D eigenvalue weighted by Gasteiger charge is 2.06. The van der Waals surface area contributed by atoms with E-state index in [0.717, 1.165) is 17.1 Å². The first-order chi connectivity index (χ1) is 10.7. The largest absolute Gasteiger partial charge is 0.346 e. The maximum Gasteiger partial charge on any atom is 0.251 e. The van der Waals surface area contributed by atoms with Crippen molar-refractivity contribution in [1.82, 2.24) is 19.9 Å². The molecule has 0 bridgehead atoms. The first-order valence-corrected chi connectivity index (χ1v) is 7.01. The SMILES string of the molecule is Cc1cc(CNC(=O)c2ccc(-n3cccc3)cc2)ncn1. The highest BCUT2D eigenvalue weighted by molar-refractivity contribution is 5.94. The van der Waals surface area contributed by atoms with Gasteiger partial charge in [-0.25, -0.2) is 9.97 Å². The van der Waals surface area contributed by atoms with Gasteiger partial charge in [-0.3, -0.25) is 4.79 Å². The molecule has 3 aromatic rings. The Morgan fingerprint density at radius 3 is 2.55 bits per heavy atom. The van der Waals surface area contributed by atoms with E-state index >= 15 is 0 Å². The van der Waals surface area contributed by atoms with Gasteiger partial charge < -0.3 is 9.88 Å². The minimum atomic E-state index is -0.115. The van der Waals surface area contributed by atoms with Gasteiger partial charge in [-0.05, 0) is 49.4 Å². The standard InChI is InChI=1S/C17H16N4O/c1-13-10-15(20-12-19-13)11-18-17(22)14-4-6-16(7-5-14)21-8-2-3-9-21/h2-10,12H,11H2,1H3,(H,18,22). The lowest BCUT2D eigenvalue weighted by Gasteiger charge is -2.07. The first-order valence-electron chi connectivity index (χ1n) is 7.01. The summed E-state index contributed by atoms with van der Waals surface area (Å²) in [7, 11) is 0. The van der Waals surface area contributed by atoms with Gasteiger partial charge in [-0.1, -0.05) is 0 Å². The monoisotopic (exact) mass is 292 g/mol. The van der Waals surface area contributed by atoms with Gasteiger partial charge >= 0.3 is 0 Å². The van der Waals surface area contributed by atoms with E-state index < -0.39 is 0 Å². The molecule has 1 N–H and O–H groups in total. The summed E-state index contributed by atoms with van der Waals surface area (Å²) in [5.74, 6) is -0.115. The maximum absolute atomic E-state index is 12.1. The summed E-state index contributed by atoms with van der Waals surface area (Å²) in [5.41, 5.74) is 3.33. The Kier molecular flexibility index (Phi) is 3.96. The van der Waals surface area contributed by atoms with Gasteiger partial charge in [0, 0.05) is 29.3 Å². The molecule has 5 nitrogen and oxygen atoms in total. The number of amides is 1. The number of nitrogens with one attached hydrogen (secondary N) is 1. The number of rotatable bonds is 4. The van der Waals surface area contributed by atoms with Crippen LogP contribution in [0.4, 0.5) is 0 Å². The second kappa shape index (κ2) is 6.22. The molecule has 2 aromatic heterocycles. The summed E-state index contributed by atoms with van der Waals surface area (Å²) in [5, 5.41) is 2.86. The average Bonchev–Trinajstić information content (AvgIpc) is 3.07. The number of carbonyl (C=O) groups excluding carboxylic acids is 1. The quantitative estimate of drug-likeness (QED) is 0.803. The van der Waals surface area contributed by atoms with E-state index in [1.54, 1.807) is 0 Å². The van der Waals surface area contributed by atoms with Crippen LogP contribution in [-0.4, -0.2) is 20.4 Å². The molecule has 0 aliphatic rings. The lowest BCUT2D eigenvalue weighted by atomic mass is 10.2. The highest BCUT2D eigenvalue weighted by atomic mass is 16.1. The molecule has 0 atom stereocenters. The van der Waals surface area contributed by atoms with Crippen LogP contribution >= 0.6 is 0 Å². The molecule has 110 valence electrons. The lowest BCUT2D eigenvalue weighted by molar-refractivity contribution is 0.0950. The van der Waals surface area contributed by atoms with Crippen molar-refractivity contribution in [1.29, 1.82) is 0 Å². The van der Waals surface area contributed by atoms with Crippen molar-refractivity contribution in [2.24, 2.45) is 0 Å². The summed E-state index contributed by atoms with van der Waals surface area (Å²) < 4.78 is 1.99. The highest BCUT2D eigenvalue weighted by Crippen LogP contribution is 2.10. The fourth-order valence-electron chi connectivity index (χ4n) is 2.17. The van der Waals surface area contributed by atoms with Crippen LogP contribution in [0.1, 0.15) is 21.7 Å². The molecule has 0 radical (unpaired) electrons. The van der Waals surface area contributed by atoms with Crippen molar-refractivity contribution in [2.75, 3.05) is 0 Å². The van der Waals surface area contributed by atoms with Gasteiger partial charge in [0.15, 0.2) is 0 Å². The van der Waals surface area contributed by atoms with Crippen molar-refractivity contribution in [3.63, 3.8) is 0 Å². The van der Waals surface area contributed by atoms with Crippen molar-refractivity contribution >= 4 is 5.91 Å². The van der Waals surface area contributed by atoms with Crippen molar-refractivity contribution in [3.05, 3.63) is 78.1 Å². The minimum Gasteiger partial charge on any atom is -0.346 e. The molecule has 0 aliphatic heterocycles. The molecular formula is C17H16N4O. The molecule has 1 aromatic carbocycles. The molecule has 0 unspecified atom stereocenters. The van der Waals surface area contributed by atoms with Crippen LogP contribution in [-0.2, 0) is 6.54 Å². The van der Waals surface area contributed by atoms with Crippen molar-refractivity contribution in [2.45, 2.75) is 13.5 Å². The third kappa shape index (κ3) is 3.20. The third-order valence-corrected chi connectivity index (χ3v) is 3.32. The smallest absolute Gasteiger partial charge is 0.251 e. The van der Waals surface area contributed by atoms with E-state index in [2.05, 4.69) is 15.3 Å². The van der Waals surface area contributed by atoms with E-state index in [1.807, 2.05) is 66.3 Å². The van der Waals surface area contributed by atoms with Crippen LogP contribution in [0, 0.1) is 6.92 Å².